The topological polar surface area (TPSA) is 12.0 Å². The molecule has 0 aliphatic heterocycles. The minimum Gasteiger partial charge on any atom is -0.354 e. The number of fused-ring (bicyclic) bond motifs is 1. The number of halogens is 4. The number of benzene rings is 3. The molecule has 0 amide bonds. The molecule has 1 N–H and O–H groups in total. The van der Waals surface area contributed by atoms with Crippen LogP contribution in [0.15, 0.2) is 60.7 Å². The fourth-order valence-corrected chi connectivity index (χ4v) is 2.38. The van der Waals surface area contributed by atoms with E-state index in [-0.39, 0.29) is 10.7 Å². The summed E-state index contributed by atoms with van der Waals surface area (Å²) in [5, 5.41) is 5.24. The first kappa shape index (κ1) is 14.7. The maximum absolute atomic E-state index is 12.8. The van der Waals surface area contributed by atoms with Crippen LogP contribution in [0.25, 0.3) is 10.8 Å². The molecule has 0 saturated heterocycles. The Morgan fingerprint density at radius 1 is 0.818 bits per heavy atom. The van der Waals surface area contributed by atoms with Gasteiger partial charge in [-0.05, 0) is 41.1 Å². The van der Waals surface area contributed by atoms with Gasteiger partial charge < -0.3 is 5.32 Å². The highest BCUT2D eigenvalue weighted by molar-refractivity contribution is 6.33. The van der Waals surface area contributed by atoms with Crippen LogP contribution in [0.4, 0.5) is 24.5 Å². The first-order chi connectivity index (χ1) is 10.4. The monoisotopic (exact) mass is 321 g/mol. The zero-order valence-electron chi connectivity index (χ0n) is 11.3. The van der Waals surface area contributed by atoms with Crippen molar-refractivity contribution in [3.05, 3.63) is 71.2 Å². The molecule has 3 aromatic rings. The molecule has 22 heavy (non-hydrogen) atoms. The largest absolute Gasteiger partial charge is 0.416 e. The van der Waals surface area contributed by atoms with Crippen LogP contribution >= 0.6 is 11.6 Å². The van der Waals surface area contributed by atoms with Crippen molar-refractivity contribution in [3.63, 3.8) is 0 Å². The highest BCUT2D eigenvalue weighted by Crippen LogP contribution is 2.35. The van der Waals surface area contributed by atoms with Crippen LogP contribution in [0.5, 0.6) is 0 Å². The summed E-state index contributed by atoms with van der Waals surface area (Å²) in [6.45, 7) is 0. The standard InChI is InChI=1S/C17H11ClF3N/c18-15-8-6-13(17(19,20)21)10-16(15)22-14-7-5-11-3-1-2-4-12(11)9-14/h1-10,22H. The molecule has 1 nitrogen and oxygen atoms in total. The lowest BCUT2D eigenvalue weighted by molar-refractivity contribution is -0.137. The summed E-state index contributed by atoms with van der Waals surface area (Å²) < 4.78 is 38.3. The van der Waals surface area contributed by atoms with E-state index in [0.29, 0.717) is 5.69 Å². The van der Waals surface area contributed by atoms with Crippen molar-refractivity contribution in [2.75, 3.05) is 5.32 Å². The van der Waals surface area contributed by atoms with Gasteiger partial charge in [0.15, 0.2) is 0 Å². The summed E-state index contributed by atoms with van der Waals surface area (Å²) in [6, 6.07) is 16.5. The Bertz CT molecular complexity index is 827. The molecule has 112 valence electrons. The molecule has 0 bridgehead atoms. The molecule has 0 fully saturated rings. The Morgan fingerprint density at radius 3 is 2.27 bits per heavy atom. The number of anilines is 2. The fourth-order valence-electron chi connectivity index (χ4n) is 2.22. The highest BCUT2D eigenvalue weighted by Gasteiger charge is 2.30. The van der Waals surface area contributed by atoms with Crippen molar-refractivity contribution in [2.45, 2.75) is 6.18 Å². The van der Waals surface area contributed by atoms with Crippen LogP contribution in [-0.4, -0.2) is 0 Å². The van der Waals surface area contributed by atoms with Gasteiger partial charge >= 0.3 is 6.18 Å². The number of hydrogen-bond donors (Lipinski definition) is 1. The molecule has 0 aliphatic carbocycles. The minimum atomic E-state index is -4.40. The Balaban J connectivity index is 1.97. The van der Waals surface area contributed by atoms with E-state index in [4.69, 9.17) is 11.6 Å². The van der Waals surface area contributed by atoms with Gasteiger partial charge in [0.1, 0.15) is 0 Å². The van der Waals surface area contributed by atoms with Gasteiger partial charge in [0.25, 0.3) is 0 Å². The van der Waals surface area contributed by atoms with E-state index < -0.39 is 11.7 Å². The molecule has 5 heteroatoms. The van der Waals surface area contributed by atoms with E-state index >= 15 is 0 Å². The van der Waals surface area contributed by atoms with Gasteiger partial charge in [0.2, 0.25) is 0 Å². The second-order valence-electron chi connectivity index (χ2n) is 4.88. The first-order valence-electron chi connectivity index (χ1n) is 6.56. The van der Waals surface area contributed by atoms with Crippen LogP contribution in [0.1, 0.15) is 5.56 Å². The molecule has 3 rings (SSSR count). The van der Waals surface area contributed by atoms with Crippen LogP contribution < -0.4 is 5.32 Å². The third-order valence-corrected chi connectivity index (χ3v) is 3.65. The molecule has 0 radical (unpaired) electrons. The molecule has 0 spiro atoms. The Hall–Kier alpha value is -2.20. The van der Waals surface area contributed by atoms with Gasteiger partial charge in [0.05, 0.1) is 16.3 Å². The molecule has 0 aliphatic rings. The van der Waals surface area contributed by atoms with Crippen LogP contribution in [0, 0.1) is 0 Å². The quantitative estimate of drug-likeness (QED) is 0.587. The van der Waals surface area contributed by atoms with E-state index in [2.05, 4.69) is 5.32 Å². The third kappa shape index (κ3) is 3.02. The molecule has 0 unspecified atom stereocenters. The third-order valence-electron chi connectivity index (χ3n) is 3.32. The number of nitrogens with one attached hydrogen (secondary N) is 1. The van der Waals surface area contributed by atoms with E-state index in [9.17, 15) is 13.2 Å². The lowest BCUT2D eigenvalue weighted by atomic mass is 10.1. The van der Waals surface area contributed by atoms with Gasteiger partial charge in [-0.3, -0.25) is 0 Å². The maximum atomic E-state index is 12.8. The molecule has 0 aromatic heterocycles. The van der Waals surface area contributed by atoms with Crippen molar-refractivity contribution in [2.24, 2.45) is 0 Å². The summed E-state index contributed by atoms with van der Waals surface area (Å²) in [6.07, 6.45) is -4.40. The van der Waals surface area contributed by atoms with Crippen molar-refractivity contribution in [3.8, 4) is 0 Å². The average Bonchev–Trinajstić information content (AvgIpc) is 2.48. The molecule has 0 heterocycles. The SMILES string of the molecule is FC(F)(F)c1ccc(Cl)c(Nc2ccc3ccccc3c2)c1. The summed E-state index contributed by atoms with van der Waals surface area (Å²) >= 11 is 5.98. The van der Waals surface area contributed by atoms with Gasteiger partial charge in [-0.1, -0.05) is 41.9 Å². The smallest absolute Gasteiger partial charge is 0.354 e. The molecular formula is C17H11ClF3N. The molecule has 0 saturated carbocycles. The van der Waals surface area contributed by atoms with E-state index in [1.165, 1.54) is 6.07 Å². The van der Waals surface area contributed by atoms with E-state index in [1.54, 1.807) is 6.07 Å². The van der Waals surface area contributed by atoms with Gasteiger partial charge in [-0.2, -0.15) is 13.2 Å². The number of hydrogen-bond acceptors (Lipinski definition) is 1. The molecular weight excluding hydrogens is 311 g/mol. The normalized spacial score (nSPS) is 11.6. The summed E-state index contributed by atoms with van der Waals surface area (Å²) in [7, 11) is 0. The number of alkyl halides is 3. The molecule has 3 aromatic carbocycles. The van der Waals surface area contributed by atoms with Gasteiger partial charge in [0, 0.05) is 5.69 Å². The summed E-state index contributed by atoms with van der Waals surface area (Å²) in [5.41, 5.74) is 0.173. The second kappa shape index (κ2) is 5.54. The van der Waals surface area contributed by atoms with Crippen LogP contribution in [0.2, 0.25) is 5.02 Å². The molecule has 0 atom stereocenters. The predicted octanol–water partition coefficient (Wildman–Crippen LogP) is 6.26. The zero-order chi connectivity index (χ0) is 15.7. The van der Waals surface area contributed by atoms with Gasteiger partial charge in [-0.25, -0.2) is 0 Å². The lowest BCUT2D eigenvalue weighted by Gasteiger charge is -2.13. The fraction of sp³-hybridized carbons (Fsp3) is 0.0588. The zero-order valence-corrected chi connectivity index (χ0v) is 12.0. The minimum absolute atomic E-state index is 0.228. The van der Waals surface area contributed by atoms with Gasteiger partial charge in [-0.15, -0.1) is 0 Å². The van der Waals surface area contributed by atoms with E-state index in [1.807, 2.05) is 36.4 Å². The predicted molar refractivity (Wildman–Crippen MR) is 83.7 cm³/mol. The summed E-state index contributed by atoms with van der Waals surface area (Å²) in [4.78, 5) is 0. The van der Waals surface area contributed by atoms with Crippen molar-refractivity contribution in [1.29, 1.82) is 0 Å². The first-order valence-corrected chi connectivity index (χ1v) is 6.94. The number of rotatable bonds is 2. The Kier molecular flexibility index (Phi) is 3.71. The van der Waals surface area contributed by atoms with Crippen LogP contribution in [-0.2, 0) is 6.18 Å². The second-order valence-corrected chi connectivity index (χ2v) is 5.29. The Labute approximate surface area is 130 Å². The van der Waals surface area contributed by atoms with Crippen LogP contribution in [0.3, 0.4) is 0 Å². The van der Waals surface area contributed by atoms with Crippen molar-refractivity contribution < 1.29 is 13.2 Å². The highest BCUT2D eigenvalue weighted by atomic mass is 35.5. The van der Waals surface area contributed by atoms with Crippen molar-refractivity contribution >= 4 is 33.7 Å². The van der Waals surface area contributed by atoms with E-state index in [0.717, 1.165) is 22.9 Å². The maximum Gasteiger partial charge on any atom is 0.416 e. The van der Waals surface area contributed by atoms with Crippen molar-refractivity contribution in [1.82, 2.24) is 0 Å². The average molecular weight is 322 g/mol. The Morgan fingerprint density at radius 2 is 1.55 bits per heavy atom. The summed E-state index contributed by atoms with van der Waals surface area (Å²) in [5.74, 6) is 0. The lowest BCUT2D eigenvalue weighted by Crippen LogP contribution is -2.05.